The van der Waals surface area contributed by atoms with Crippen molar-refractivity contribution in [3.05, 3.63) is 58.1 Å². The summed E-state index contributed by atoms with van der Waals surface area (Å²) in [5.74, 6) is -0.407. The highest BCUT2D eigenvalue weighted by Gasteiger charge is 2.40. The number of imide groups is 1. The molecule has 1 aliphatic heterocycles. The third-order valence-electron chi connectivity index (χ3n) is 4.04. The van der Waals surface area contributed by atoms with E-state index in [4.69, 9.17) is 0 Å². The number of carbonyl (C=O) groups is 2. The van der Waals surface area contributed by atoms with Crippen LogP contribution in [0.4, 0.5) is 11.4 Å². The Balaban J connectivity index is 1.89. The van der Waals surface area contributed by atoms with Crippen LogP contribution in [0.15, 0.2) is 46.9 Å². The van der Waals surface area contributed by atoms with Crippen molar-refractivity contribution in [1.29, 1.82) is 0 Å². The van der Waals surface area contributed by atoms with Gasteiger partial charge in [-0.3, -0.25) is 9.59 Å². The highest BCUT2D eigenvalue weighted by atomic mass is 79.9. The average Bonchev–Trinajstić information content (AvgIpc) is 2.78. The van der Waals surface area contributed by atoms with Gasteiger partial charge in [0, 0.05) is 10.2 Å². The summed E-state index contributed by atoms with van der Waals surface area (Å²) < 4.78 is 0.731. The summed E-state index contributed by atoms with van der Waals surface area (Å²) in [5.41, 5.74) is 3.63. The molecule has 2 amide bonds. The van der Waals surface area contributed by atoms with E-state index in [2.05, 4.69) is 21.2 Å². The van der Waals surface area contributed by atoms with Gasteiger partial charge in [0.05, 0.1) is 12.1 Å². The summed E-state index contributed by atoms with van der Waals surface area (Å²) in [4.78, 5) is 26.3. The molecule has 0 saturated carbocycles. The summed E-state index contributed by atoms with van der Waals surface area (Å²) in [6.45, 7) is 3.98. The first-order chi connectivity index (χ1) is 11.0. The number of amides is 2. The molecule has 1 heterocycles. The predicted molar refractivity (Wildman–Crippen MR) is 94.6 cm³/mol. The Hall–Kier alpha value is -2.14. The molecule has 0 aliphatic carbocycles. The molecule has 0 aromatic heterocycles. The first kappa shape index (κ1) is 15.7. The van der Waals surface area contributed by atoms with Crippen LogP contribution >= 0.6 is 15.9 Å². The summed E-state index contributed by atoms with van der Waals surface area (Å²) in [6.07, 6.45) is 0.161. The first-order valence-corrected chi connectivity index (χ1v) is 8.22. The van der Waals surface area contributed by atoms with E-state index in [0.29, 0.717) is 5.69 Å². The van der Waals surface area contributed by atoms with Gasteiger partial charge in [-0.15, -0.1) is 0 Å². The fourth-order valence-electron chi connectivity index (χ4n) is 2.85. The monoisotopic (exact) mass is 372 g/mol. The van der Waals surface area contributed by atoms with Gasteiger partial charge in [0.25, 0.3) is 5.91 Å². The lowest BCUT2D eigenvalue weighted by atomic mass is 10.1. The van der Waals surface area contributed by atoms with Gasteiger partial charge in [0.15, 0.2) is 0 Å². The van der Waals surface area contributed by atoms with Crippen LogP contribution in [0.3, 0.4) is 0 Å². The summed E-state index contributed by atoms with van der Waals surface area (Å²) in [5, 5.41) is 3.25. The second kappa shape index (κ2) is 6.16. The molecule has 0 unspecified atom stereocenters. The molecule has 118 valence electrons. The minimum absolute atomic E-state index is 0.161. The van der Waals surface area contributed by atoms with E-state index in [1.165, 1.54) is 4.90 Å². The van der Waals surface area contributed by atoms with Gasteiger partial charge >= 0.3 is 0 Å². The Morgan fingerprint density at radius 3 is 2.35 bits per heavy atom. The largest absolute Gasteiger partial charge is 0.373 e. The maximum Gasteiger partial charge on any atom is 0.256 e. The van der Waals surface area contributed by atoms with Gasteiger partial charge in [0.2, 0.25) is 5.91 Å². The van der Waals surface area contributed by atoms with Crippen molar-refractivity contribution in [2.75, 3.05) is 10.2 Å². The minimum Gasteiger partial charge on any atom is -0.373 e. The molecule has 3 rings (SSSR count). The first-order valence-electron chi connectivity index (χ1n) is 7.43. The van der Waals surface area contributed by atoms with Crippen LogP contribution in [-0.2, 0) is 9.59 Å². The number of nitrogens with one attached hydrogen (secondary N) is 1. The summed E-state index contributed by atoms with van der Waals surface area (Å²) in [7, 11) is 0. The van der Waals surface area contributed by atoms with Crippen molar-refractivity contribution in [2.45, 2.75) is 26.3 Å². The summed E-state index contributed by atoms with van der Waals surface area (Å²) in [6, 6.07) is 12.7. The second-order valence-electron chi connectivity index (χ2n) is 5.69. The lowest BCUT2D eigenvalue weighted by Crippen LogP contribution is -2.35. The number of para-hydroxylation sites is 2. The van der Waals surface area contributed by atoms with E-state index in [9.17, 15) is 9.59 Å². The van der Waals surface area contributed by atoms with Crippen molar-refractivity contribution < 1.29 is 9.59 Å². The van der Waals surface area contributed by atoms with Crippen molar-refractivity contribution in [3.8, 4) is 0 Å². The van der Waals surface area contributed by atoms with Crippen LogP contribution in [0.1, 0.15) is 17.5 Å². The maximum absolute atomic E-state index is 12.7. The molecule has 0 spiro atoms. The van der Waals surface area contributed by atoms with Gasteiger partial charge < -0.3 is 5.32 Å². The number of carbonyl (C=O) groups excluding carboxylic acids is 2. The van der Waals surface area contributed by atoms with Gasteiger partial charge in [-0.2, -0.15) is 0 Å². The number of anilines is 2. The van der Waals surface area contributed by atoms with Crippen LogP contribution in [-0.4, -0.2) is 17.9 Å². The molecule has 2 aromatic carbocycles. The van der Waals surface area contributed by atoms with E-state index in [1.54, 1.807) is 6.07 Å². The Morgan fingerprint density at radius 2 is 1.70 bits per heavy atom. The van der Waals surface area contributed by atoms with E-state index >= 15 is 0 Å². The van der Waals surface area contributed by atoms with Crippen LogP contribution in [0.5, 0.6) is 0 Å². The van der Waals surface area contributed by atoms with E-state index in [-0.39, 0.29) is 18.2 Å². The molecular weight excluding hydrogens is 356 g/mol. The molecule has 5 heteroatoms. The fourth-order valence-corrected chi connectivity index (χ4v) is 3.31. The van der Waals surface area contributed by atoms with Crippen molar-refractivity contribution in [1.82, 2.24) is 0 Å². The zero-order valence-electron chi connectivity index (χ0n) is 13.0. The molecule has 1 N–H and O–H groups in total. The molecule has 0 radical (unpaired) electrons. The van der Waals surface area contributed by atoms with Crippen molar-refractivity contribution in [3.63, 3.8) is 0 Å². The van der Waals surface area contributed by atoms with E-state index in [0.717, 1.165) is 21.3 Å². The van der Waals surface area contributed by atoms with E-state index < -0.39 is 6.04 Å². The van der Waals surface area contributed by atoms with Crippen LogP contribution in [0.25, 0.3) is 0 Å². The molecule has 1 aliphatic rings. The van der Waals surface area contributed by atoms with Crippen LogP contribution in [0, 0.1) is 13.8 Å². The van der Waals surface area contributed by atoms with Crippen molar-refractivity contribution in [2.24, 2.45) is 0 Å². The number of aryl methyl sites for hydroxylation is 2. The molecule has 0 bridgehead atoms. The quantitative estimate of drug-likeness (QED) is 0.833. The number of halogens is 1. The minimum atomic E-state index is -0.533. The highest BCUT2D eigenvalue weighted by molar-refractivity contribution is 9.10. The topological polar surface area (TPSA) is 49.4 Å². The van der Waals surface area contributed by atoms with Crippen LogP contribution < -0.4 is 10.2 Å². The van der Waals surface area contributed by atoms with Gasteiger partial charge in [-0.25, -0.2) is 4.90 Å². The Bertz CT molecular complexity index is 768. The normalized spacial score (nSPS) is 17.7. The fraction of sp³-hybridized carbons (Fsp3) is 0.222. The zero-order chi connectivity index (χ0) is 16.6. The lowest BCUT2D eigenvalue weighted by molar-refractivity contribution is -0.121. The van der Waals surface area contributed by atoms with Crippen molar-refractivity contribution >= 4 is 39.1 Å². The number of hydrogen-bond donors (Lipinski definition) is 1. The van der Waals surface area contributed by atoms with Gasteiger partial charge in [0.1, 0.15) is 6.04 Å². The van der Waals surface area contributed by atoms with Crippen LogP contribution in [0.2, 0.25) is 0 Å². The second-order valence-corrected chi connectivity index (χ2v) is 6.54. The van der Waals surface area contributed by atoms with Gasteiger partial charge in [-0.1, -0.05) is 30.3 Å². The molecule has 4 nitrogen and oxygen atoms in total. The Labute approximate surface area is 143 Å². The predicted octanol–water partition coefficient (Wildman–Crippen LogP) is 3.81. The standard InChI is InChI=1S/C18H17BrN2O2/c1-11-6-5-7-12(2)17(11)20-14-10-16(22)21(18(14)23)15-9-4-3-8-13(15)19/h3-9,14,20H,10H2,1-2H3/t14-/m1/s1. The van der Waals surface area contributed by atoms with E-state index in [1.807, 2.05) is 50.2 Å². The number of nitrogens with zero attached hydrogens (tertiary/aromatic N) is 1. The highest BCUT2D eigenvalue weighted by Crippen LogP contribution is 2.31. The SMILES string of the molecule is Cc1cccc(C)c1N[C@@H]1CC(=O)N(c2ccccc2Br)C1=O. The smallest absolute Gasteiger partial charge is 0.256 e. The number of benzene rings is 2. The van der Waals surface area contributed by atoms with Gasteiger partial charge in [-0.05, 0) is 53.0 Å². The number of rotatable bonds is 3. The Morgan fingerprint density at radius 1 is 1.04 bits per heavy atom. The molecule has 23 heavy (non-hydrogen) atoms. The molecule has 1 atom stereocenters. The third-order valence-corrected chi connectivity index (χ3v) is 4.71. The lowest BCUT2D eigenvalue weighted by Gasteiger charge is -2.19. The molecular formula is C18H17BrN2O2. The maximum atomic E-state index is 12.7. The Kier molecular flexibility index (Phi) is 4.22. The summed E-state index contributed by atoms with van der Waals surface area (Å²) >= 11 is 3.40. The zero-order valence-corrected chi connectivity index (χ0v) is 14.6. The molecule has 1 fully saturated rings. The molecule has 2 aromatic rings. The third kappa shape index (κ3) is 2.88. The molecule has 1 saturated heterocycles. The number of hydrogen-bond acceptors (Lipinski definition) is 3. The average molecular weight is 373 g/mol.